The minimum atomic E-state index is -3.60. The predicted molar refractivity (Wildman–Crippen MR) is 116 cm³/mol. The first-order chi connectivity index (χ1) is 14.8. The summed E-state index contributed by atoms with van der Waals surface area (Å²) in [6.45, 7) is 4.19. The molecule has 9 heteroatoms. The summed E-state index contributed by atoms with van der Waals surface area (Å²) in [7, 11) is -3.60. The minimum Gasteiger partial charge on any atom is -0.334 e. The molecule has 8 nitrogen and oxygen atoms in total. The van der Waals surface area contributed by atoms with E-state index >= 15 is 0 Å². The van der Waals surface area contributed by atoms with Gasteiger partial charge in [-0.05, 0) is 56.2 Å². The van der Waals surface area contributed by atoms with Crippen molar-refractivity contribution in [2.45, 2.75) is 37.5 Å². The van der Waals surface area contributed by atoms with Crippen LogP contribution in [-0.2, 0) is 14.8 Å². The number of nitrogens with zero attached hydrogens (tertiary/aromatic N) is 3. The number of hydrogen-bond donors (Lipinski definition) is 1. The molecule has 1 N–H and O–H groups in total. The number of piperidine rings is 1. The third-order valence-corrected chi connectivity index (χ3v) is 7.28. The van der Waals surface area contributed by atoms with E-state index in [-0.39, 0.29) is 16.7 Å². The van der Waals surface area contributed by atoms with Crippen molar-refractivity contribution in [3.8, 4) is 11.5 Å². The number of sulfonamides is 1. The third-order valence-electron chi connectivity index (χ3n) is 5.37. The highest BCUT2D eigenvalue weighted by Gasteiger charge is 2.31. The van der Waals surface area contributed by atoms with E-state index in [2.05, 4.69) is 15.5 Å². The van der Waals surface area contributed by atoms with Crippen molar-refractivity contribution in [2.24, 2.45) is 0 Å². The molecule has 0 aliphatic carbocycles. The van der Waals surface area contributed by atoms with Gasteiger partial charge in [-0.2, -0.15) is 9.29 Å². The molecule has 3 aromatic rings. The number of carbonyl (C=O) groups is 1. The van der Waals surface area contributed by atoms with Gasteiger partial charge in [0.15, 0.2) is 5.82 Å². The lowest BCUT2D eigenvalue weighted by atomic mass is 9.97. The summed E-state index contributed by atoms with van der Waals surface area (Å²) >= 11 is 0. The number of rotatable bonds is 5. The lowest BCUT2D eigenvalue weighted by Crippen LogP contribution is -2.38. The smallest absolute Gasteiger partial charge is 0.257 e. The molecule has 0 spiro atoms. The number of carbonyl (C=O) groups excluding carboxylic acids is 1. The van der Waals surface area contributed by atoms with E-state index in [0.29, 0.717) is 43.3 Å². The molecule has 2 aromatic carbocycles. The van der Waals surface area contributed by atoms with Crippen LogP contribution in [0.25, 0.3) is 11.5 Å². The summed E-state index contributed by atoms with van der Waals surface area (Å²) in [4.78, 5) is 15.9. The maximum absolute atomic E-state index is 13.0. The largest absolute Gasteiger partial charge is 0.334 e. The van der Waals surface area contributed by atoms with Gasteiger partial charge in [-0.3, -0.25) is 4.79 Å². The van der Waals surface area contributed by atoms with Crippen LogP contribution in [0.4, 0.5) is 5.69 Å². The van der Waals surface area contributed by atoms with E-state index in [1.807, 2.05) is 31.2 Å². The van der Waals surface area contributed by atoms with Gasteiger partial charge in [-0.15, -0.1) is 0 Å². The van der Waals surface area contributed by atoms with E-state index in [1.54, 1.807) is 12.1 Å². The molecule has 1 aliphatic rings. The Morgan fingerprint density at radius 3 is 2.32 bits per heavy atom. The van der Waals surface area contributed by atoms with Crippen molar-refractivity contribution in [1.82, 2.24) is 14.4 Å². The number of aromatic nitrogens is 2. The summed E-state index contributed by atoms with van der Waals surface area (Å²) in [6.07, 6.45) is 1.24. The van der Waals surface area contributed by atoms with Gasteiger partial charge in [0, 0.05) is 37.2 Å². The van der Waals surface area contributed by atoms with Crippen molar-refractivity contribution < 1.29 is 17.7 Å². The summed E-state index contributed by atoms with van der Waals surface area (Å²) in [6, 6.07) is 14.1. The molecule has 4 rings (SSSR count). The van der Waals surface area contributed by atoms with Crippen LogP contribution in [0, 0.1) is 6.92 Å². The summed E-state index contributed by atoms with van der Waals surface area (Å²) in [5, 5.41) is 6.76. The van der Waals surface area contributed by atoms with Crippen LogP contribution in [-0.4, -0.2) is 41.9 Å². The highest BCUT2D eigenvalue weighted by atomic mass is 32.2. The molecule has 0 radical (unpaired) electrons. The summed E-state index contributed by atoms with van der Waals surface area (Å²) in [5.74, 6) is 0.942. The molecule has 2 heterocycles. The lowest BCUT2D eigenvalue weighted by molar-refractivity contribution is -0.114. The molecule has 1 saturated heterocycles. The Bertz CT molecular complexity index is 1160. The zero-order chi connectivity index (χ0) is 22.0. The lowest BCUT2D eigenvalue weighted by Gasteiger charge is -2.29. The molecule has 1 amide bonds. The molecule has 162 valence electrons. The van der Waals surface area contributed by atoms with Crippen LogP contribution in [0.15, 0.2) is 57.9 Å². The maximum Gasteiger partial charge on any atom is 0.257 e. The fraction of sp³-hybridized carbons (Fsp3) is 0.318. The second-order valence-electron chi connectivity index (χ2n) is 7.71. The fourth-order valence-electron chi connectivity index (χ4n) is 3.63. The molecule has 0 bridgehead atoms. The van der Waals surface area contributed by atoms with Gasteiger partial charge in [0.1, 0.15) is 0 Å². The zero-order valence-electron chi connectivity index (χ0n) is 17.4. The first-order valence-corrected chi connectivity index (χ1v) is 11.6. The molecule has 1 aromatic heterocycles. The molecular formula is C22H24N4O4S. The van der Waals surface area contributed by atoms with Crippen molar-refractivity contribution in [3.05, 3.63) is 59.9 Å². The van der Waals surface area contributed by atoms with E-state index in [9.17, 15) is 13.2 Å². The first kappa shape index (κ1) is 21.2. The van der Waals surface area contributed by atoms with Crippen LogP contribution in [0.1, 0.15) is 37.1 Å². The van der Waals surface area contributed by atoms with Gasteiger partial charge in [-0.1, -0.05) is 22.9 Å². The Kier molecular flexibility index (Phi) is 5.88. The molecule has 1 fully saturated rings. The maximum atomic E-state index is 13.0. The molecule has 0 atom stereocenters. The van der Waals surface area contributed by atoms with Gasteiger partial charge in [0.2, 0.25) is 15.9 Å². The average molecular weight is 441 g/mol. The monoisotopic (exact) mass is 440 g/mol. The third kappa shape index (κ3) is 4.67. The second kappa shape index (κ2) is 8.60. The van der Waals surface area contributed by atoms with Crippen LogP contribution in [0.2, 0.25) is 0 Å². The van der Waals surface area contributed by atoms with E-state index < -0.39 is 10.0 Å². The van der Waals surface area contributed by atoms with Crippen molar-refractivity contribution in [1.29, 1.82) is 0 Å². The van der Waals surface area contributed by atoms with Crippen LogP contribution in [0.3, 0.4) is 0 Å². The Balaban J connectivity index is 1.41. The van der Waals surface area contributed by atoms with E-state index in [1.165, 1.54) is 23.4 Å². The number of benzene rings is 2. The first-order valence-electron chi connectivity index (χ1n) is 10.1. The predicted octanol–water partition coefficient (Wildman–Crippen LogP) is 3.57. The van der Waals surface area contributed by atoms with Gasteiger partial charge >= 0.3 is 0 Å². The molecule has 0 unspecified atom stereocenters. The number of aryl methyl sites for hydroxylation is 1. The molecule has 31 heavy (non-hydrogen) atoms. The number of amides is 1. The Morgan fingerprint density at radius 2 is 1.71 bits per heavy atom. The number of nitrogens with one attached hydrogen (secondary N) is 1. The standard InChI is InChI=1S/C22H24N4O4S/c1-15-3-5-18(6-4-15)22-24-21(25-30-22)17-11-13-26(14-12-17)31(28,29)20-9-7-19(8-10-20)23-16(2)27/h3-10,17H,11-14H2,1-2H3,(H,23,27). The quantitative estimate of drug-likeness (QED) is 0.650. The van der Waals surface area contributed by atoms with Gasteiger partial charge in [-0.25, -0.2) is 8.42 Å². The highest BCUT2D eigenvalue weighted by Crippen LogP contribution is 2.31. The summed E-state index contributed by atoms with van der Waals surface area (Å²) < 4.78 is 32.8. The highest BCUT2D eigenvalue weighted by molar-refractivity contribution is 7.89. The van der Waals surface area contributed by atoms with Gasteiger partial charge < -0.3 is 9.84 Å². The van der Waals surface area contributed by atoms with Crippen molar-refractivity contribution in [2.75, 3.05) is 18.4 Å². The van der Waals surface area contributed by atoms with Gasteiger partial charge in [0.25, 0.3) is 5.89 Å². The molecule has 1 aliphatic heterocycles. The van der Waals surface area contributed by atoms with Crippen LogP contribution >= 0.6 is 0 Å². The SMILES string of the molecule is CC(=O)Nc1ccc(S(=O)(=O)N2CCC(c3noc(-c4ccc(C)cc4)n3)CC2)cc1. The number of anilines is 1. The van der Waals surface area contributed by atoms with Crippen LogP contribution < -0.4 is 5.32 Å². The number of hydrogen-bond acceptors (Lipinski definition) is 6. The topological polar surface area (TPSA) is 105 Å². The van der Waals surface area contributed by atoms with Crippen molar-refractivity contribution >= 4 is 21.6 Å². The fourth-order valence-corrected chi connectivity index (χ4v) is 5.10. The van der Waals surface area contributed by atoms with E-state index in [0.717, 1.165) is 11.1 Å². The van der Waals surface area contributed by atoms with E-state index in [4.69, 9.17) is 4.52 Å². The van der Waals surface area contributed by atoms with Crippen LogP contribution in [0.5, 0.6) is 0 Å². The normalized spacial score (nSPS) is 15.7. The average Bonchev–Trinajstić information content (AvgIpc) is 3.25. The molecular weight excluding hydrogens is 416 g/mol. The minimum absolute atomic E-state index is 0.0524. The van der Waals surface area contributed by atoms with Gasteiger partial charge in [0.05, 0.1) is 4.90 Å². The zero-order valence-corrected chi connectivity index (χ0v) is 18.2. The summed E-state index contributed by atoms with van der Waals surface area (Å²) in [5.41, 5.74) is 2.58. The Morgan fingerprint density at radius 1 is 1.06 bits per heavy atom. The molecule has 0 saturated carbocycles. The Hall–Kier alpha value is -3.04. The second-order valence-corrected chi connectivity index (χ2v) is 9.65. The Labute approximate surface area is 181 Å². The van der Waals surface area contributed by atoms with Crippen molar-refractivity contribution in [3.63, 3.8) is 0 Å².